The number of methoxy groups -OCH3 is 1. The molecule has 1 saturated carbocycles. The second kappa shape index (κ2) is 5.22. The number of esters is 1. The Morgan fingerprint density at radius 3 is 2.84 bits per heavy atom. The van der Waals surface area contributed by atoms with Crippen LogP contribution in [0.4, 0.5) is 8.78 Å². The highest BCUT2D eigenvalue weighted by Crippen LogP contribution is 2.39. The Kier molecular flexibility index (Phi) is 3.82. The Labute approximate surface area is 109 Å². The van der Waals surface area contributed by atoms with Gasteiger partial charge in [-0.05, 0) is 18.8 Å². The zero-order valence-corrected chi connectivity index (χ0v) is 11.0. The number of nitrogens with zero attached hydrogens (tertiary/aromatic N) is 3. The van der Waals surface area contributed by atoms with Crippen LogP contribution in [0.5, 0.6) is 0 Å². The molecule has 2 rings (SSSR count). The summed E-state index contributed by atoms with van der Waals surface area (Å²) in [6.07, 6.45) is 0.839. The molecule has 19 heavy (non-hydrogen) atoms. The van der Waals surface area contributed by atoms with Crippen molar-refractivity contribution in [2.45, 2.75) is 45.1 Å². The highest BCUT2D eigenvalue weighted by molar-refractivity contribution is 5.88. The molecule has 0 bridgehead atoms. The lowest BCUT2D eigenvalue weighted by atomic mass is 10.1. The Bertz CT molecular complexity index is 474. The number of ether oxygens (including phenoxy) is 1. The van der Waals surface area contributed by atoms with E-state index in [1.807, 2.05) is 6.92 Å². The van der Waals surface area contributed by atoms with Gasteiger partial charge < -0.3 is 4.74 Å². The first-order valence-electron chi connectivity index (χ1n) is 6.35. The quantitative estimate of drug-likeness (QED) is 0.788. The maximum Gasteiger partial charge on any atom is 0.360 e. The molecule has 1 aliphatic rings. The second-order valence-corrected chi connectivity index (χ2v) is 4.88. The van der Waals surface area contributed by atoms with E-state index in [0.29, 0.717) is 25.1 Å². The van der Waals surface area contributed by atoms with Crippen molar-refractivity contribution in [2.75, 3.05) is 7.11 Å². The summed E-state index contributed by atoms with van der Waals surface area (Å²) in [6.45, 7) is 2.24. The summed E-state index contributed by atoms with van der Waals surface area (Å²) in [4.78, 5) is 11.5. The second-order valence-electron chi connectivity index (χ2n) is 4.88. The van der Waals surface area contributed by atoms with Crippen molar-refractivity contribution in [3.8, 4) is 0 Å². The molecule has 1 unspecified atom stereocenters. The number of halogens is 2. The van der Waals surface area contributed by atoms with Gasteiger partial charge in [0.1, 0.15) is 0 Å². The molecule has 0 saturated heterocycles. The smallest absolute Gasteiger partial charge is 0.360 e. The first kappa shape index (κ1) is 13.9. The molecule has 0 spiro atoms. The molecule has 1 aliphatic carbocycles. The van der Waals surface area contributed by atoms with Crippen LogP contribution in [0.25, 0.3) is 0 Å². The van der Waals surface area contributed by atoms with Crippen molar-refractivity contribution >= 4 is 5.97 Å². The number of alkyl halides is 2. The Balaban J connectivity index is 2.13. The summed E-state index contributed by atoms with van der Waals surface area (Å²) < 4.78 is 32.5. The number of carbonyl (C=O) groups excluding carboxylic acids is 1. The Hall–Kier alpha value is -1.53. The third-order valence-corrected chi connectivity index (χ3v) is 3.49. The van der Waals surface area contributed by atoms with Gasteiger partial charge in [0.25, 0.3) is 0 Å². The van der Waals surface area contributed by atoms with Crippen molar-refractivity contribution in [1.82, 2.24) is 15.0 Å². The highest BCUT2D eigenvalue weighted by atomic mass is 19.3. The van der Waals surface area contributed by atoms with E-state index in [2.05, 4.69) is 15.0 Å². The van der Waals surface area contributed by atoms with E-state index in [4.69, 9.17) is 0 Å². The van der Waals surface area contributed by atoms with Gasteiger partial charge in [0.05, 0.1) is 12.8 Å². The van der Waals surface area contributed by atoms with Gasteiger partial charge in [0, 0.05) is 19.4 Å². The minimum absolute atomic E-state index is 0.0717. The molecule has 1 fully saturated rings. The van der Waals surface area contributed by atoms with E-state index in [0.717, 1.165) is 0 Å². The van der Waals surface area contributed by atoms with Gasteiger partial charge in [-0.2, -0.15) is 0 Å². The van der Waals surface area contributed by atoms with Crippen LogP contribution in [0.1, 0.15) is 42.4 Å². The molecule has 0 aliphatic heterocycles. The van der Waals surface area contributed by atoms with Gasteiger partial charge in [-0.1, -0.05) is 12.1 Å². The molecule has 1 aromatic heterocycles. The minimum Gasteiger partial charge on any atom is -0.464 e. The van der Waals surface area contributed by atoms with Gasteiger partial charge in [-0.25, -0.2) is 18.3 Å². The van der Waals surface area contributed by atoms with E-state index in [1.165, 1.54) is 7.11 Å². The Morgan fingerprint density at radius 1 is 1.58 bits per heavy atom. The van der Waals surface area contributed by atoms with E-state index >= 15 is 0 Å². The third-order valence-electron chi connectivity index (χ3n) is 3.49. The van der Waals surface area contributed by atoms with Crippen LogP contribution in [-0.2, 0) is 17.7 Å². The molecule has 1 atom stereocenters. The number of hydrogen-bond acceptors (Lipinski definition) is 4. The van der Waals surface area contributed by atoms with Crippen LogP contribution in [0, 0.1) is 5.92 Å². The average Bonchev–Trinajstić information content (AvgIpc) is 2.92. The molecule has 0 aromatic carbocycles. The van der Waals surface area contributed by atoms with Crippen LogP contribution in [0.2, 0.25) is 0 Å². The molecule has 106 valence electrons. The molecular formula is C12H17F2N3O2. The van der Waals surface area contributed by atoms with E-state index < -0.39 is 11.9 Å². The largest absolute Gasteiger partial charge is 0.464 e. The maximum atomic E-state index is 13.1. The van der Waals surface area contributed by atoms with E-state index in [9.17, 15) is 13.6 Å². The van der Waals surface area contributed by atoms with Crippen LogP contribution < -0.4 is 0 Å². The van der Waals surface area contributed by atoms with Gasteiger partial charge in [0.15, 0.2) is 5.69 Å². The summed E-state index contributed by atoms with van der Waals surface area (Å²) in [5.74, 6) is -3.23. The van der Waals surface area contributed by atoms with Crippen molar-refractivity contribution < 1.29 is 18.3 Å². The zero-order chi connectivity index (χ0) is 14.0. The normalized spacial score (nSPS) is 21.6. The Morgan fingerprint density at radius 2 is 2.32 bits per heavy atom. The van der Waals surface area contributed by atoms with Crippen molar-refractivity contribution in [2.24, 2.45) is 5.92 Å². The predicted octanol–water partition coefficient (Wildman–Crippen LogP) is 2.06. The van der Waals surface area contributed by atoms with Crippen LogP contribution >= 0.6 is 0 Å². The summed E-state index contributed by atoms with van der Waals surface area (Å²) in [5, 5.41) is 7.68. The third kappa shape index (κ3) is 2.90. The average molecular weight is 273 g/mol. The van der Waals surface area contributed by atoms with Crippen molar-refractivity contribution in [3.05, 3.63) is 11.4 Å². The molecule has 1 heterocycles. The fourth-order valence-corrected chi connectivity index (χ4v) is 2.53. The first-order valence-corrected chi connectivity index (χ1v) is 6.35. The molecule has 1 aromatic rings. The number of rotatable bonds is 4. The van der Waals surface area contributed by atoms with E-state index in [-0.39, 0.29) is 24.5 Å². The maximum absolute atomic E-state index is 13.1. The molecule has 0 amide bonds. The molecule has 0 N–H and O–H groups in total. The van der Waals surface area contributed by atoms with Crippen molar-refractivity contribution in [1.29, 1.82) is 0 Å². The number of hydrogen-bond donors (Lipinski definition) is 0. The van der Waals surface area contributed by atoms with Crippen LogP contribution in [0.15, 0.2) is 0 Å². The molecule has 7 heteroatoms. The summed E-state index contributed by atoms with van der Waals surface area (Å²) in [6, 6.07) is 0. The summed E-state index contributed by atoms with van der Waals surface area (Å²) in [7, 11) is 1.28. The van der Waals surface area contributed by atoms with Gasteiger partial charge in [-0.15, -0.1) is 5.10 Å². The number of aromatic nitrogens is 3. The lowest BCUT2D eigenvalue weighted by molar-refractivity contribution is 0.00415. The SMILES string of the molecule is CCc1c(C(=O)OC)nnn1CC1CCC(F)(F)C1. The van der Waals surface area contributed by atoms with Crippen LogP contribution in [0.3, 0.4) is 0 Å². The minimum atomic E-state index is -2.57. The summed E-state index contributed by atoms with van der Waals surface area (Å²) in [5.41, 5.74) is 0.817. The molecule has 0 radical (unpaired) electrons. The molecule has 5 nitrogen and oxygen atoms in total. The van der Waals surface area contributed by atoms with Gasteiger partial charge >= 0.3 is 5.97 Å². The molecular weight excluding hydrogens is 256 g/mol. The fourth-order valence-electron chi connectivity index (χ4n) is 2.53. The van der Waals surface area contributed by atoms with Crippen molar-refractivity contribution in [3.63, 3.8) is 0 Å². The number of carbonyl (C=O) groups is 1. The van der Waals surface area contributed by atoms with Crippen LogP contribution in [-0.4, -0.2) is 34.0 Å². The van der Waals surface area contributed by atoms with E-state index in [1.54, 1.807) is 4.68 Å². The predicted molar refractivity (Wildman–Crippen MR) is 63.0 cm³/mol. The zero-order valence-electron chi connectivity index (χ0n) is 11.0. The summed E-state index contributed by atoms with van der Waals surface area (Å²) >= 11 is 0. The monoisotopic (exact) mass is 273 g/mol. The first-order chi connectivity index (χ1) is 8.96. The van der Waals surface area contributed by atoms with Gasteiger partial charge in [0.2, 0.25) is 5.92 Å². The fraction of sp³-hybridized carbons (Fsp3) is 0.750. The van der Waals surface area contributed by atoms with Gasteiger partial charge in [-0.3, -0.25) is 0 Å². The lowest BCUT2D eigenvalue weighted by Crippen LogP contribution is -2.16. The lowest BCUT2D eigenvalue weighted by Gasteiger charge is -2.12. The highest BCUT2D eigenvalue weighted by Gasteiger charge is 2.39. The standard InChI is InChI=1S/C12H17F2N3O2/c1-3-9-10(11(18)19-2)15-16-17(9)7-8-4-5-12(13,14)6-8/h8H,3-7H2,1-2H3. The topological polar surface area (TPSA) is 57.0 Å².